The SMILES string of the molecule is CCOC(=O)CNS(=O)(=O)c1cc(C(=O)NC)n(C)c1. The van der Waals surface area contributed by atoms with Gasteiger partial charge in [-0.3, -0.25) is 9.59 Å². The molecular formula is C11H17N3O5S. The third-order valence-corrected chi connectivity index (χ3v) is 3.83. The van der Waals surface area contributed by atoms with Crippen molar-refractivity contribution in [3.63, 3.8) is 0 Å². The zero-order valence-electron chi connectivity index (χ0n) is 11.5. The fourth-order valence-electron chi connectivity index (χ4n) is 1.48. The van der Waals surface area contributed by atoms with Crippen LogP contribution in [0, 0.1) is 0 Å². The Bertz CT molecular complexity index is 606. The number of hydrogen-bond donors (Lipinski definition) is 2. The molecule has 0 saturated carbocycles. The molecular weight excluding hydrogens is 286 g/mol. The number of ether oxygens (including phenoxy) is 1. The zero-order valence-corrected chi connectivity index (χ0v) is 12.3. The van der Waals surface area contributed by atoms with Crippen LogP contribution in [0.15, 0.2) is 17.2 Å². The van der Waals surface area contributed by atoms with Gasteiger partial charge in [0.05, 0.1) is 6.61 Å². The number of carbonyl (C=O) groups is 2. The topological polar surface area (TPSA) is 106 Å². The minimum absolute atomic E-state index is 0.0945. The smallest absolute Gasteiger partial charge is 0.321 e. The number of aryl methyl sites for hydroxylation is 1. The molecule has 2 N–H and O–H groups in total. The van der Waals surface area contributed by atoms with Crippen LogP contribution in [0.5, 0.6) is 0 Å². The van der Waals surface area contributed by atoms with Crippen LogP contribution in [-0.4, -0.2) is 45.1 Å². The monoisotopic (exact) mass is 303 g/mol. The molecule has 0 aliphatic rings. The van der Waals surface area contributed by atoms with Gasteiger partial charge >= 0.3 is 5.97 Å². The van der Waals surface area contributed by atoms with E-state index in [1.54, 1.807) is 14.0 Å². The van der Waals surface area contributed by atoms with Gasteiger partial charge < -0.3 is 14.6 Å². The van der Waals surface area contributed by atoms with E-state index in [0.717, 1.165) is 0 Å². The number of esters is 1. The summed E-state index contributed by atoms with van der Waals surface area (Å²) in [5.41, 5.74) is 0.198. The number of amides is 1. The highest BCUT2D eigenvalue weighted by molar-refractivity contribution is 7.89. The summed E-state index contributed by atoms with van der Waals surface area (Å²) < 4.78 is 32.0. The lowest BCUT2D eigenvalue weighted by atomic mass is 10.4. The first-order valence-corrected chi connectivity index (χ1v) is 7.34. The summed E-state index contributed by atoms with van der Waals surface area (Å²) in [6, 6.07) is 1.23. The molecule has 0 fully saturated rings. The number of nitrogens with zero attached hydrogens (tertiary/aromatic N) is 1. The Balaban J connectivity index is 2.88. The van der Waals surface area contributed by atoms with Crippen LogP contribution in [0.25, 0.3) is 0 Å². The summed E-state index contributed by atoms with van der Waals surface area (Å²) in [6.45, 7) is 1.34. The molecule has 1 rings (SSSR count). The summed E-state index contributed by atoms with van der Waals surface area (Å²) in [6.07, 6.45) is 1.29. The van der Waals surface area contributed by atoms with Crippen LogP contribution in [0.4, 0.5) is 0 Å². The van der Waals surface area contributed by atoms with Crippen molar-refractivity contribution < 1.29 is 22.7 Å². The first-order valence-electron chi connectivity index (χ1n) is 5.85. The Hall–Kier alpha value is -1.87. The summed E-state index contributed by atoms with van der Waals surface area (Å²) in [5.74, 6) is -1.07. The van der Waals surface area contributed by atoms with Crippen molar-refractivity contribution in [1.82, 2.24) is 14.6 Å². The van der Waals surface area contributed by atoms with Gasteiger partial charge in [0.1, 0.15) is 17.1 Å². The van der Waals surface area contributed by atoms with Gasteiger partial charge in [-0.05, 0) is 13.0 Å². The quantitative estimate of drug-likeness (QED) is 0.671. The van der Waals surface area contributed by atoms with Crippen LogP contribution in [0.1, 0.15) is 17.4 Å². The van der Waals surface area contributed by atoms with Crippen molar-refractivity contribution in [3.05, 3.63) is 18.0 Å². The third-order valence-electron chi connectivity index (χ3n) is 2.46. The maximum absolute atomic E-state index is 12.0. The summed E-state index contributed by atoms with van der Waals surface area (Å²) in [5, 5.41) is 2.40. The molecule has 0 aromatic carbocycles. The minimum atomic E-state index is -3.87. The van der Waals surface area contributed by atoms with E-state index in [9.17, 15) is 18.0 Å². The molecule has 0 spiro atoms. The third kappa shape index (κ3) is 3.81. The van der Waals surface area contributed by atoms with Gasteiger partial charge in [0, 0.05) is 20.3 Å². The van der Waals surface area contributed by atoms with Crippen LogP contribution < -0.4 is 10.0 Å². The fraction of sp³-hybridized carbons (Fsp3) is 0.455. The molecule has 0 atom stereocenters. The Morgan fingerprint density at radius 1 is 1.40 bits per heavy atom. The van der Waals surface area contributed by atoms with E-state index in [1.807, 2.05) is 0 Å². The molecule has 1 heterocycles. The maximum atomic E-state index is 12.0. The lowest BCUT2D eigenvalue weighted by Crippen LogP contribution is -2.30. The largest absolute Gasteiger partial charge is 0.465 e. The van der Waals surface area contributed by atoms with E-state index >= 15 is 0 Å². The molecule has 0 unspecified atom stereocenters. The zero-order chi connectivity index (χ0) is 15.3. The number of aromatic nitrogens is 1. The van der Waals surface area contributed by atoms with Crippen molar-refractivity contribution in [2.24, 2.45) is 7.05 Å². The summed E-state index contributed by atoms with van der Waals surface area (Å²) in [7, 11) is -0.871. The second-order valence-electron chi connectivity index (χ2n) is 3.88. The molecule has 8 nitrogen and oxygen atoms in total. The maximum Gasteiger partial charge on any atom is 0.321 e. The molecule has 1 aromatic heterocycles. The van der Waals surface area contributed by atoms with Crippen LogP contribution in [-0.2, 0) is 26.6 Å². The molecule has 0 aliphatic heterocycles. The van der Waals surface area contributed by atoms with Crippen LogP contribution >= 0.6 is 0 Å². The Morgan fingerprint density at radius 2 is 2.05 bits per heavy atom. The Morgan fingerprint density at radius 3 is 2.60 bits per heavy atom. The molecule has 20 heavy (non-hydrogen) atoms. The van der Waals surface area contributed by atoms with Crippen LogP contribution in [0.2, 0.25) is 0 Å². The highest BCUT2D eigenvalue weighted by Crippen LogP contribution is 2.13. The van der Waals surface area contributed by atoms with Gasteiger partial charge in [-0.25, -0.2) is 8.42 Å². The normalized spacial score (nSPS) is 11.2. The van der Waals surface area contributed by atoms with E-state index in [2.05, 4.69) is 14.8 Å². The highest BCUT2D eigenvalue weighted by Gasteiger charge is 2.20. The number of hydrogen-bond acceptors (Lipinski definition) is 5. The molecule has 1 aromatic rings. The predicted molar refractivity (Wildman–Crippen MR) is 70.6 cm³/mol. The summed E-state index contributed by atoms with van der Waals surface area (Å²) in [4.78, 5) is 22.5. The lowest BCUT2D eigenvalue weighted by molar-refractivity contribution is -0.141. The van der Waals surface area contributed by atoms with Gasteiger partial charge in [0.25, 0.3) is 5.91 Å². The van der Waals surface area contributed by atoms with Crippen LogP contribution in [0.3, 0.4) is 0 Å². The van der Waals surface area contributed by atoms with Crippen molar-refractivity contribution in [3.8, 4) is 0 Å². The van der Waals surface area contributed by atoms with Crippen molar-refractivity contribution in [2.45, 2.75) is 11.8 Å². The molecule has 1 amide bonds. The van der Waals surface area contributed by atoms with Gasteiger partial charge in [0.2, 0.25) is 10.0 Å². The molecule has 0 radical (unpaired) electrons. The van der Waals surface area contributed by atoms with Crippen molar-refractivity contribution in [1.29, 1.82) is 0 Å². The van der Waals surface area contributed by atoms with E-state index in [0.29, 0.717) is 0 Å². The average molecular weight is 303 g/mol. The average Bonchev–Trinajstić information content (AvgIpc) is 2.79. The predicted octanol–water partition coefficient (Wildman–Crippen LogP) is -0.774. The Labute approximate surface area is 117 Å². The number of carbonyl (C=O) groups excluding carboxylic acids is 2. The van der Waals surface area contributed by atoms with Gasteiger partial charge in [-0.2, -0.15) is 4.72 Å². The van der Waals surface area contributed by atoms with Gasteiger partial charge in [-0.15, -0.1) is 0 Å². The standard InChI is InChI=1S/C11H17N3O5S/c1-4-19-10(15)6-13-20(17,18)8-5-9(11(16)12-2)14(3)7-8/h5,7,13H,4,6H2,1-3H3,(H,12,16). The number of sulfonamides is 1. The fourth-order valence-corrected chi connectivity index (χ4v) is 2.52. The minimum Gasteiger partial charge on any atom is -0.465 e. The van der Waals surface area contributed by atoms with E-state index in [4.69, 9.17) is 0 Å². The molecule has 0 aliphatic carbocycles. The lowest BCUT2D eigenvalue weighted by Gasteiger charge is -2.04. The second kappa shape index (κ2) is 6.53. The highest BCUT2D eigenvalue weighted by atomic mass is 32.2. The second-order valence-corrected chi connectivity index (χ2v) is 5.65. The molecule has 0 bridgehead atoms. The van der Waals surface area contributed by atoms with Crippen molar-refractivity contribution in [2.75, 3.05) is 20.2 Å². The van der Waals surface area contributed by atoms with E-state index < -0.39 is 28.4 Å². The van der Waals surface area contributed by atoms with Gasteiger partial charge in [-0.1, -0.05) is 0 Å². The van der Waals surface area contributed by atoms with E-state index in [-0.39, 0.29) is 17.2 Å². The molecule has 0 saturated heterocycles. The van der Waals surface area contributed by atoms with Crippen molar-refractivity contribution >= 4 is 21.9 Å². The first kappa shape index (κ1) is 16.2. The number of nitrogens with one attached hydrogen (secondary N) is 2. The first-order chi connectivity index (χ1) is 9.31. The number of rotatable bonds is 6. The molecule has 9 heteroatoms. The summed E-state index contributed by atoms with van der Waals surface area (Å²) >= 11 is 0. The van der Waals surface area contributed by atoms with Gasteiger partial charge in [0.15, 0.2) is 0 Å². The molecule has 112 valence electrons. The van der Waals surface area contributed by atoms with E-state index in [1.165, 1.54) is 23.9 Å². The Kier molecular flexibility index (Phi) is 5.28.